The van der Waals surface area contributed by atoms with E-state index in [4.69, 9.17) is 4.74 Å². The number of amides is 1. The number of hydrogen-bond acceptors (Lipinski definition) is 7. The van der Waals surface area contributed by atoms with Crippen LogP contribution in [-0.2, 0) is 11.2 Å². The Morgan fingerprint density at radius 2 is 1.73 bits per heavy atom. The lowest BCUT2D eigenvalue weighted by atomic mass is 10.1. The summed E-state index contributed by atoms with van der Waals surface area (Å²) in [6.45, 7) is 4.87. The largest absolute Gasteiger partial charge is 0.497 e. The van der Waals surface area contributed by atoms with Crippen molar-refractivity contribution in [3.8, 4) is 5.75 Å². The van der Waals surface area contributed by atoms with Gasteiger partial charge in [0.2, 0.25) is 5.91 Å². The van der Waals surface area contributed by atoms with Gasteiger partial charge in [0.1, 0.15) is 29.0 Å². The van der Waals surface area contributed by atoms with Gasteiger partial charge in [-0.25, -0.2) is 15.0 Å². The van der Waals surface area contributed by atoms with Crippen LogP contribution in [0, 0.1) is 13.8 Å². The molecule has 0 spiro atoms. The smallest absolute Gasteiger partial charge is 0.224 e. The molecule has 0 radical (unpaired) electrons. The fourth-order valence-electron chi connectivity index (χ4n) is 2.84. The lowest BCUT2D eigenvalue weighted by molar-refractivity contribution is -0.120. The summed E-state index contributed by atoms with van der Waals surface area (Å²) in [6.07, 6.45) is 2.08. The first-order chi connectivity index (χ1) is 14.5. The first-order valence-electron chi connectivity index (χ1n) is 9.71. The number of aromatic nitrogens is 3. The molecule has 0 saturated carbocycles. The van der Waals surface area contributed by atoms with Crippen LogP contribution < -0.4 is 20.7 Å². The molecule has 0 aliphatic rings. The first kappa shape index (κ1) is 21.0. The summed E-state index contributed by atoms with van der Waals surface area (Å²) >= 11 is 0. The van der Waals surface area contributed by atoms with E-state index in [0.717, 1.165) is 22.7 Å². The van der Waals surface area contributed by atoms with Crippen molar-refractivity contribution >= 4 is 23.4 Å². The van der Waals surface area contributed by atoms with Gasteiger partial charge in [-0.05, 0) is 49.2 Å². The molecule has 156 valence electrons. The summed E-state index contributed by atoms with van der Waals surface area (Å²) in [6, 6.07) is 13.2. The minimum Gasteiger partial charge on any atom is -0.497 e. The van der Waals surface area contributed by atoms with Gasteiger partial charge in [0.05, 0.1) is 13.5 Å². The van der Waals surface area contributed by atoms with Crippen LogP contribution in [0.2, 0.25) is 0 Å². The van der Waals surface area contributed by atoms with Crippen molar-refractivity contribution in [1.29, 1.82) is 0 Å². The van der Waals surface area contributed by atoms with Crippen LogP contribution in [0.25, 0.3) is 0 Å². The van der Waals surface area contributed by atoms with E-state index in [-0.39, 0.29) is 5.91 Å². The monoisotopic (exact) mass is 406 g/mol. The summed E-state index contributed by atoms with van der Waals surface area (Å²) in [5.74, 6) is 3.45. The molecule has 0 saturated heterocycles. The number of anilines is 3. The predicted octanol–water partition coefficient (Wildman–Crippen LogP) is 3.01. The minimum atomic E-state index is -0.0336. The molecule has 0 aliphatic carbocycles. The molecule has 8 heteroatoms. The molecule has 0 fully saturated rings. The lowest BCUT2D eigenvalue weighted by Crippen LogP contribution is -2.30. The summed E-state index contributed by atoms with van der Waals surface area (Å²) in [4.78, 5) is 25.2. The Hall–Kier alpha value is -3.68. The Morgan fingerprint density at radius 1 is 0.967 bits per heavy atom. The average Bonchev–Trinajstić information content (AvgIpc) is 2.71. The van der Waals surface area contributed by atoms with Gasteiger partial charge < -0.3 is 20.7 Å². The zero-order chi connectivity index (χ0) is 21.3. The topological polar surface area (TPSA) is 101 Å². The number of nitrogens with zero attached hydrogens (tertiary/aromatic N) is 3. The van der Waals surface area contributed by atoms with Crippen LogP contribution in [0.1, 0.15) is 17.0 Å². The number of hydrogen-bond donors (Lipinski definition) is 3. The van der Waals surface area contributed by atoms with Gasteiger partial charge >= 0.3 is 0 Å². The van der Waals surface area contributed by atoms with E-state index < -0.39 is 0 Å². The van der Waals surface area contributed by atoms with E-state index >= 15 is 0 Å². The minimum absolute atomic E-state index is 0.0336. The van der Waals surface area contributed by atoms with Crippen LogP contribution in [0.5, 0.6) is 5.75 Å². The number of aryl methyl sites for hydroxylation is 2. The number of carbonyl (C=O) groups is 1. The number of ether oxygens (including phenoxy) is 1. The fourth-order valence-corrected chi connectivity index (χ4v) is 2.84. The highest BCUT2D eigenvalue weighted by atomic mass is 16.5. The van der Waals surface area contributed by atoms with Crippen LogP contribution in [-0.4, -0.2) is 41.1 Å². The van der Waals surface area contributed by atoms with Crippen molar-refractivity contribution in [2.75, 3.05) is 30.8 Å². The maximum Gasteiger partial charge on any atom is 0.224 e. The Balaban J connectivity index is 1.47. The molecule has 0 aliphatic heterocycles. The van der Waals surface area contributed by atoms with Crippen molar-refractivity contribution in [2.45, 2.75) is 20.3 Å². The number of carbonyl (C=O) groups excluding carboxylic acids is 1. The third-order valence-electron chi connectivity index (χ3n) is 4.29. The lowest BCUT2D eigenvalue weighted by Gasteiger charge is -2.11. The van der Waals surface area contributed by atoms with Crippen molar-refractivity contribution in [2.24, 2.45) is 0 Å². The highest BCUT2D eigenvalue weighted by molar-refractivity contribution is 5.78. The van der Waals surface area contributed by atoms with E-state index in [1.54, 1.807) is 13.3 Å². The molecule has 1 amide bonds. The van der Waals surface area contributed by atoms with E-state index in [1.807, 2.05) is 56.3 Å². The number of methoxy groups -OCH3 is 1. The van der Waals surface area contributed by atoms with Crippen molar-refractivity contribution < 1.29 is 9.53 Å². The van der Waals surface area contributed by atoms with Crippen molar-refractivity contribution in [3.63, 3.8) is 0 Å². The standard InChI is InChI=1S/C22H26N6O2/c1-15-8-9-23-19(12-15)28-21-14-20(26-16(2)27-21)24-10-11-25-22(29)13-17-4-6-18(30-3)7-5-17/h4-9,12,14H,10-11,13H2,1-3H3,(H,25,29)(H2,23,24,26,27,28). The molecule has 3 N–H and O–H groups in total. The Morgan fingerprint density at radius 3 is 2.47 bits per heavy atom. The van der Waals surface area contributed by atoms with E-state index in [0.29, 0.717) is 37.0 Å². The summed E-state index contributed by atoms with van der Waals surface area (Å²) in [5, 5.41) is 9.31. The third-order valence-corrected chi connectivity index (χ3v) is 4.29. The van der Waals surface area contributed by atoms with Gasteiger partial charge in [-0.15, -0.1) is 0 Å². The molecule has 2 aromatic heterocycles. The molecule has 0 atom stereocenters. The SMILES string of the molecule is COc1ccc(CC(=O)NCCNc2cc(Nc3cc(C)ccn3)nc(C)n2)cc1. The Bertz CT molecular complexity index is 991. The first-order valence-corrected chi connectivity index (χ1v) is 9.71. The van der Waals surface area contributed by atoms with Crippen molar-refractivity contribution in [1.82, 2.24) is 20.3 Å². The summed E-state index contributed by atoms with van der Waals surface area (Å²) < 4.78 is 5.12. The average molecular weight is 406 g/mol. The second-order valence-corrected chi connectivity index (χ2v) is 6.83. The van der Waals surface area contributed by atoms with Gasteiger partial charge in [-0.2, -0.15) is 0 Å². The predicted molar refractivity (Wildman–Crippen MR) is 117 cm³/mol. The summed E-state index contributed by atoms with van der Waals surface area (Å²) in [7, 11) is 1.62. The maximum atomic E-state index is 12.1. The number of rotatable bonds is 9. The molecule has 3 aromatic rings. The Kier molecular flexibility index (Phi) is 7.15. The number of benzene rings is 1. The third kappa shape index (κ3) is 6.44. The zero-order valence-electron chi connectivity index (χ0n) is 17.4. The molecular formula is C22H26N6O2. The highest BCUT2D eigenvalue weighted by Gasteiger charge is 2.05. The van der Waals surface area contributed by atoms with E-state index in [9.17, 15) is 4.79 Å². The van der Waals surface area contributed by atoms with Crippen LogP contribution in [0.3, 0.4) is 0 Å². The normalized spacial score (nSPS) is 10.4. The van der Waals surface area contributed by atoms with Gasteiger partial charge in [0.25, 0.3) is 0 Å². The second kappa shape index (κ2) is 10.2. The van der Waals surface area contributed by atoms with Crippen LogP contribution in [0.4, 0.5) is 17.5 Å². The fraction of sp³-hybridized carbons (Fsp3) is 0.273. The molecule has 1 aromatic carbocycles. The van der Waals surface area contributed by atoms with Crippen LogP contribution >= 0.6 is 0 Å². The van der Waals surface area contributed by atoms with Gasteiger partial charge in [-0.3, -0.25) is 4.79 Å². The number of pyridine rings is 1. The van der Waals surface area contributed by atoms with E-state index in [2.05, 4.69) is 30.9 Å². The van der Waals surface area contributed by atoms with Crippen LogP contribution in [0.15, 0.2) is 48.7 Å². The van der Waals surface area contributed by atoms with Gasteiger partial charge in [-0.1, -0.05) is 12.1 Å². The van der Waals surface area contributed by atoms with Gasteiger partial charge in [0.15, 0.2) is 0 Å². The van der Waals surface area contributed by atoms with Gasteiger partial charge in [0, 0.05) is 25.4 Å². The molecule has 0 bridgehead atoms. The zero-order valence-corrected chi connectivity index (χ0v) is 17.4. The summed E-state index contributed by atoms with van der Waals surface area (Å²) in [5.41, 5.74) is 2.05. The second-order valence-electron chi connectivity index (χ2n) is 6.83. The molecular weight excluding hydrogens is 380 g/mol. The molecule has 3 rings (SSSR count). The Labute approximate surface area is 176 Å². The quantitative estimate of drug-likeness (QED) is 0.470. The number of nitrogens with one attached hydrogen (secondary N) is 3. The molecule has 30 heavy (non-hydrogen) atoms. The highest BCUT2D eigenvalue weighted by Crippen LogP contribution is 2.16. The van der Waals surface area contributed by atoms with Crippen molar-refractivity contribution in [3.05, 3.63) is 65.6 Å². The molecule has 0 unspecified atom stereocenters. The maximum absolute atomic E-state index is 12.1. The van der Waals surface area contributed by atoms with E-state index in [1.165, 1.54) is 0 Å². The molecule has 8 nitrogen and oxygen atoms in total. The molecule has 2 heterocycles.